The zero-order valence-corrected chi connectivity index (χ0v) is 9.95. The molecule has 1 fully saturated rings. The van der Waals surface area contributed by atoms with Crippen molar-refractivity contribution in [3.63, 3.8) is 0 Å². The van der Waals surface area contributed by atoms with E-state index in [2.05, 4.69) is 28.7 Å². The van der Waals surface area contributed by atoms with Gasteiger partial charge in [-0.05, 0) is 30.8 Å². The van der Waals surface area contributed by atoms with Gasteiger partial charge < -0.3 is 4.98 Å². The number of hydrogen-bond acceptors (Lipinski definition) is 1. The summed E-state index contributed by atoms with van der Waals surface area (Å²) in [7, 11) is 0. The van der Waals surface area contributed by atoms with E-state index in [1.54, 1.807) is 6.33 Å². The third-order valence-corrected chi connectivity index (χ3v) is 3.37. The van der Waals surface area contributed by atoms with Crippen LogP contribution in [0.25, 0.3) is 6.08 Å². The molecule has 1 aromatic rings. The highest BCUT2D eigenvalue weighted by Crippen LogP contribution is 2.30. The minimum absolute atomic E-state index is 0.881. The molecule has 1 N–H and O–H groups in total. The topological polar surface area (TPSA) is 28.7 Å². The van der Waals surface area contributed by atoms with Crippen molar-refractivity contribution in [2.75, 3.05) is 0 Å². The Bertz CT molecular complexity index is 358. The van der Waals surface area contributed by atoms with Crippen molar-refractivity contribution < 1.29 is 0 Å². The molecule has 1 aliphatic rings. The fourth-order valence-corrected chi connectivity index (χ4v) is 2.50. The van der Waals surface area contributed by atoms with Gasteiger partial charge in [-0.3, -0.25) is 0 Å². The number of allylic oxidation sites excluding steroid dienone is 1. The van der Waals surface area contributed by atoms with Crippen LogP contribution in [0.4, 0.5) is 0 Å². The number of aromatic amines is 1. The van der Waals surface area contributed by atoms with E-state index in [-0.39, 0.29) is 0 Å². The van der Waals surface area contributed by atoms with Crippen molar-refractivity contribution in [3.8, 4) is 0 Å². The van der Waals surface area contributed by atoms with E-state index >= 15 is 0 Å². The van der Waals surface area contributed by atoms with Crippen LogP contribution >= 0.6 is 0 Å². The molecule has 2 atom stereocenters. The van der Waals surface area contributed by atoms with Crippen LogP contribution in [0.1, 0.15) is 44.7 Å². The molecule has 2 heteroatoms. The van der Waals surface area contributed by atoms with E-state index < -0.39 is 0 Å². The Kier molecular flexibility index (Phi) is 4.01. The monoisotopic (exact) mass is 216 g/mol. The summed E-state index contributed by atoms with van der Waals surface area (Å²) in [5, 5.41) is 0. The van der Waals surface area contributed by atoms with Crippen molar-refractivity contribution in [1.82, 2.24) is 9.97 Å². The summed E-state index contributed by atoms with van der Waals surface area (Å²) in [6.07, 6.45) is 14.4. The summed E-state index contributed by atoms with van der Waals surface area (Å²) in [5.41, 5.74) is 4.25. The summed E-state index contributed by atoms with van der Waals surface area (Å²) in [5.74, 6) is 1.80. The Morgan fingerprint density at radius 3 is 3.25 bits per heavy atom. The molecule has 1 aliphatic carbocycles. The molecule has 0 amide bonds. The summed E-state index contributed by atoms with van der Waals surface area (Å²) in [4.78, 5) is 6.99. The molecule has 0 bridgehead atoms. The molecule has 0 aromatic carbocycles. The minimum atomic E-state index is 0.881. The van der Waals surface area contributed by atoms with Gasteiger partial charge in [0.1, 0.15) is 0 Å². The van der Waals surface area contributed by atoms with Crippen LogP contribution in [0.15, 0.2) is 24.3 Å². The molecule has 0 spiro atoms. The first-order valence-electron chi connectivity index (χ1n) is 6.24. The fraction of sp³-hybridized carbons (Fsp3) is 0.571. The zero-order chi connectivity index (χ0) is 11.2. The number of rotatable bonds is 3. The number of nitrogens with zero attached hydrogens (tertiary/aromatic N) is 1. The molecule has 2 nitrogen and oxygen atoms in total. The first-order valence-corrected chi connectivity index (χ1v) is 6.24. The van der Waals surface area contributed by atoms with Gasteiger partial charge in [-0.15, -0.1) is 5.73 Å². The van der Waals surface area contributed by atoms with Gasteiger partial charge in [-0.25, -0.2) is 4.98 Å². The molecule has 0 saturated heterocycles. The Hall–Kier alpha value is -1.27. The lowest BCUT2D eigenvalue weighted by atomic mass is 9.81. The molecule has 0 aliphatic heterocycles. The van der Waals surface area contributed by atoms with E-state index in [1.165, 1.54) is 32.1 Å². The number of H-pyrrole nitrogens is 1. The SMILES string of the molecule is CC1CCCC(CC=C=Cc2cnc[nH]2)C1. The van der Waals surface area contributed by atoms with Gasteiger partial charge in [0.05, 0.1) is 18.2 Å². The summed E-state index contributed by atoms with van der Waals surface area (Å²) >= 11 is 0. The smallest absolute Gasteiger partial charge is 0.0924 e. The standard InChI is InChI=1S/C14H20N2/c1-12-5-4-7-13(9-12)6-2-3-8-14-10-15-11-16-14/h2,8,10-13H,4-7,9H2,1H3,(H,15,16). The molecule has 2 rings (SSSR count). The molecule has 0 radical (unpaired) electrons. The number of aromatic nitrogens is 2. The Balaban J connectivity index is 1.80. The average molecular weight is 216 g/mol. The van der Waals surface area contributed by atoms with Crippen molar-refractivity contribution in [1.29, 1.82) is 0 Å². The van der Waals surface area contributed by atoms with Crippen molar-refractivity contribution >= 4 is 6.08 Å². The molecular formula is C14H20N2. The van der Waals surface area contributed by atoms with E-state index in [0.29, 0.717) is 0 Å². The number of hydrogen-bond donors (Lipinski definition) is 1. The van der Waals surface area contributed by atoms with Crippen LogP contribution in [0.2, 0.25) is 0 Å². The van der Waals surface area contributed by atoms with Crippen LogP contribution in [0, 0.1) is 11.8 Å². The maximum atomic E-state index is 3.96. The average Bonchev–Trinajstić information content (AvgIpc) is 2.77. The maximum Gasteiger partial charge on any atom is 0.0924 e. The van der Waals surface area contributed by atoms with Gasteiger partial charge in [0.2, 0.25) is 0 Å². The normalized spacial score (nSPS) is 24.8. The third-order valence-electron chi connectivity index (χ3n) is 3.37. The van der Waals surface area contributed by atoms with Crippen molar-refractivity contribution in [2.24, 2.45) is 11.8 Å². The lowest BCUT2D eigenvalue weighted by molar-refractivity contribution is 0.284. The molecular weight excluding hydrogens is 196 g/mol. The molecule has 86 valence electrons. The quantitative estimate of drug-likeness (QED) is 0.765. The molecule has 16 heavy (non-hydrogen) atoms. The lowest BCUT2D eigenvalue weighted by Gasteiger charge is -2.25. The maximum absolute atomic E-state index is 3.96. The lowest BCUT2D eigenvalue weighted by Crippen LogP contribution is -2.12. The molecule has 2 unspecified atom stereocenters. The minimum Gasteiger partial charge on any atom is -0.345 e. The summed E-state index contributed by atoms with van der Waals surface area (Å²) < 4.78 is 0. The highest BCUT2D eigenvalue weighted by molar-refractivity contribution is 5.41. The highest BCUT2D eigenvalue weighted by atomic mass is 14.8. The van der Waals surface area contributed by atoms with Crippen LogP contribution in [0.5, 0.6) is 0 Å². The van der Waals surface area contributed by atoms with Gasteiger partial charge in [-0.2, -0.15) is 0 Å². The van der Waals surface area contributed by atoms with Gasteiger partial charge >= 0.3 is 0 Å². The largest absolute Gasteiger partial charge is 0.345 e. The molecule has 1 heterocycles. The zero-order valence-electron chi connectivity index (χ0n) is 9.95. The van der Waals surface area contributed by atoms with E-state index in [1.807, 2.05) is 12.3 Å². The number of imidazole rings is 1. The van der Waals surface area contributed by atoms with Gasteiger partial charge in [-0.1, -0.05) is 26.2 Å². The second-order valence-corrected chi connectivity index (χ2v) is 4.90. The predicted molar refractivity (Wildman–Crippen MR) is 66.9 cm³/mol. The van der Waals surface area contributed by atoms with Gasteiger partial charge in [0.25, 0.3) is 0 Å². The van der Waals surface area contributed by atoms with Crippen molar-refractivity contribution in [2.45, 2.75) is 39.0 Å². The second kappa shape index (κ2) is 5.72. The summed E-state index contributed by atoms with van der Waals surface area (Å²) in [6, 6.07) is 0. The Morgan fingerprint density at radius 1 is 1.56 bits per heavy atom. The summed E-state index contributed by atoms with van der Waals surface area (Å²) in [6.45, 7) is 2.37. The highest BCUT2D eigenvalue weighted by Gasteiger charge is 2.17. The fourth-order valence-electron chi connectivity index (χ4n) is 2.50. The first kappa shape index (κ1) is 11.2. The van der Waals surface area contributed by atoms with Gasteiger partial charge in [0.15, 0.2) is 0 Å². The first-order chi connectivity index (χ1) is 7.84. The third kappa shape index (κ3) is 3.39. The molecule has 1 saturated carbocycles. The molecule has 1 aromatic heterocycles. The Morgan fingerprint density at radius 2 is 2.50 bits per heavy atom. The van der Waals surface area contributed by atoms with E-state index in [9.17, 15) is 0 Å². The van der Waals surface area contributed by atoms with Crippen LogP contribution < -0.4 is 0 Å². The van der Waals surface area contributed by atoms with E-state index in [0.717, 1.165) is 17.5 Å². The van der Waals surface area contributed by atoms with Gasteiger partial charge in [0, 0.05) is 6.08 Å². The van der Waals surface area contributed by atoms with E-state index in [4.69, 9.17) is 0 Å². The second-order valence-electron chi connectivity index (χ2n) is 4.90. The van der Waals surface area contributed by atoms with Crippen LogP contribution in [-0.2, 0) is 0 Å². The van der Waals surface area contributed by atoms with Crippen LogP contribution in [-0.4, -0.2) is 9.97 Å². The number of nitrogens with one attached hydrogen (secondary N) is 1. The Labute approximate surface area is 97.5 Å². The predicted octanol–water partition coefficient (Wildman–Crippen LogP) is 3.79. The van der Waals surface area contributed by atoms with Crippen molar-refractivity contribution in [3.05, 3.63) is 30.0 Å². The van der Waals surface area contributed by atoms with Crippen LogP contribution in [0.3, 0.4) is 0 Å².